The van der Waals surface area contributed by atoms with Crippen molar-refractivity contribution in [3.8, 4) is 17.0 Å². The van der Waals surface area contributed by atoms with Gasteiger partial charge in [-0.25, -0.2) is 18.0 Å². The Labute approximate surface area is 122 Å². The summed E-state index contributed by atoms with van der Waals surface area (Å²) < 4.78 is 42.4. The van der Waals surface area contributed by atoms with Gasteiger partial charge in [-0.05, 0) is 30.3 Å². The number of benzene rings is 1. The molecule has 0 unspecified atom stereocenters. The first kappa shape index (κ1) is 15.6. The highest BCUT2D eigenvalue weighted by atomic mass is 19.3. The van der Waals surface area contributed by atoms with E-state index in [9.17, 15) is 23.2 Å². The minimum atomic E-state index is -2.76. The van der Waals surface area contributed by atoms with Crippen LogP contribution in [0.1, 0.15) is 10.5 Å². The van der Waals surface area contributed by atoms with Gasteiger partial charge in [0.25, 0.3) is 12.1 Å². The van der Waals surface area contributed by atoms with E-state index in [1.165, 1.54) is 12.1 Å². The third kappa shape index (κ3) is 3.27. The summed E-state index contributed by atoms with van der Waals surface area (Å²) in [6.45, 7) is -0.958. The van der Waals surface area contributed by atoms with Crippen LogP contribution in [0.15, 0.2) is 36.4 Å². The van der Waals surface area contributed by atoms with Crippen molar-refractivity contribution in [2.75, 3.05) is 6.61 Å². The van der Waals surface area contributed by atoms with E-state index in [2.05, 4.69) is 0 Å². The Morgan fingerprint density at radius 1 is 1.23 bits per heavy atom. The molecule has 8 heteroatoms. The third-order valence-electron chi connectivity index (χ3n) is 2.75. The largest absolute Gasteiger partial charge is 0.618 e. The Hall–Kier alpha value is -2.77. The van der Waals surface area contributed by atoms with E-state index in [-0.39, 0.29) is 21.7 Å². The second-order valence-electron chi connectivity index (χ2n) is 4.24. The molecular formula is C14H10F3NO4. The number of hydrogen-bond acceptors (Lipinski definition) is 3. The number of pyridine rings is 1. The topological polar surface area (TPSA) is 73.5 Å². The second kappa shape index (κ2) is 6.33. The van der Waals surface area contributed by atoms with Crippen LogP contribution in [0.4, 0.5) is 13.2 Å². The number of carbonyl (C=O) groups is 1. The monoisotopic (exact) mass is 313 g/mol. The first-order chi connectivity index (χ1) is 10.4. The average Bonchev–Trinajstić information content (AvgIpc) is 2.46. The third-order valence-corrected chi connectivity index (χ3v) is 2.75. The van der Waals surface area contributed by atoms with Crippen LogP contribution in [0.5, 0.6) is 5.75 Å². The lowest BCUT2D eigenvalue weighted by Gasteiger charge is -2.12. The lowest BCUT2D eigenvalue weighted by atomic mass is 10.1. The van der Waals surface area contributed by atoms with E-state index in [0.717, 1.165) is 24.3 Å². The van der Waals surface area contributed by atoms with Gasteiger partial charge < -0.3 is 15.1 Å². The molecule has 5 nitrogen and oxygen atoms in total. The maximum absolute atomic E-state index is 13.0. The Bertz CT molecular complexity index is 689. The number of aromatic carboxylic acids is 1. The number of ether oxygens (including phenoxy) is 1. The molecule has 0 aliphatic carbocycles. The fourth-order valence-electron chi connectivity index (χ4n) is 1.82. The van der Waals surface area contributed by atoms with Gasteiger partial charge in [-0.1, -0.05) is 0 Å². The molecule has 1 N–H and O–H groups in total. The van der Waals surface area contributed by atoms with Gasteiger partial charge in [-0.3, -0.25) is 0 Å². The SMILES string of the molecule is O=C(O)c1ccc(OCC(F)F)c(-c2ccc(F)cc2)[n+]1[O-]. The lowest BCUT2D eigenvalue weighted by molar-refractivity contribution is -0.597. The summed E-state index contributed by atoms with van der Waals surface area (Å²) >= 11 is 0. The van der Waals surface area contributed by atoms with Crippen LogP contribution in [0.25, 0.3) is 11.3 Å². The number of halogens is 3. The van der Waals surface area contributed by atoms with Crippen LogP contribution in [0.2, 0.25) is 0 Å². The van der Waals surface area contributed by atoms with E-state index >= 15 is 0 Å². The summed E-state index contributed by atoms with van der Waals surface area (Å²) in [6.07, 6.45) is -2.76. The summed E-state index contributed by atoms with van der Waals surface area (Å²) in [4.78, 5) is 11.0. The smallest absolute Gasteiger partial charge is 0.402 e. The summed E-state index contributed by atoms with van der Waals surface area (Å²) in [6, 6.07) is 6.61. The zero-order valence-electron chi connectivity index (χ0n) is 11.0. The highest BCUT2D eigenvalue weighted by molar-refractivity contribution is 5.84. The molecule has 1 heterocycles. The van der Waals surface area contributed by atoms with Gasteiger partial charge in [-0.2, -0.15) is 4.73 Å². The van der Waals surface area contributed by atoms with E-state index in [0.29, 0.717) is 0 Å². The standard InChI is InChI=1S/C14H10F3NO4/c15-9-3-1-8(2-4-9)13-11(22-7-12(16)17)6-5-10(14(19)20)18(13)21/h1-6,12H,7H2,(H,19,20). The first-order valence-corrected chi connectivity index (χ1v) is 6.07. The molecule has 0 fully saturated rings. The van der Waals surface area contributed by atoms with Crippen molar-refractivity contribution in [1.82, 2.24) is 0 Å². The Morgan fingerprint density at radius 2 is 1.86 bits per heavy atom. The fourth-order valence-corrected chi connectivity index (χ4v) is 1.82. The highest BCUT2D eigenvalue weighted by Gasteiger charge is 2.25. The molecule has 116 valence electrons. The molecular weight excluding hydrogens is 303 g/mol. The predicted molar refractivity (Wildman–Crippen MR) is 69.3 cm³/mol. The van der Waals surface area contributed by atoms with Crippen molar-refractivity contribution in [2.45, 2.75) is 6.43 Å². The predicted octanol–water partition coefficient (Wildman–Crippen LogP) is 2.47. The summed E-state index contributed by atoms with van der Waals surface area (Å²) in [5.74, 6) is -2.27. The number of carboxylic acids is 1. The van der Waals surface area contributed by atoms with Crippen molar-refractivity contribution in [3.63, 3.8) is 0 Å². The van der Waals surface area contributed by atoms with Gasteiger partial charge in [0, 0.05) is 6.07 Å². The van der Waals surface area contributed by atoms with Gasteiger partial charge in [0.05, 0.1) is 5.56 Å². The van der Waals surface area contributed by atoms with E-state index < -0.39 is 30.5 Å². The molecule has 0 atom stereocenters. The van der Waals surface area contributed by atoms with Gasteiger partial charge in [-0.15, -0.1) is 0 Å². The number of nitrogens with zero attached hydrogens (tertiary/aromatic N) is 1. The molecule has 0 bridgehead atoms. The zero-order chi connectivity index (χ0) is 16.3. The Kier molecular flexibility index (Phi) is 4.50. The molecule has 2 rings (SSSR count). The highest BCUT2D eigenvalue weighted by Crippen LogP contribution is 2.27. The number of rotatable bonds is 5. The normalized spacial score (nSPS) is 10.7. The lowest BCUT2D eigenvalue weighted by Crippen LogP contribution is -2.37. The van der Waals surface area contributed by atoms with Gasteiger partial charge >= 0.3 is 11.7 Å². The van der Waals surface area contributed by atoms with Crippen LogP contribution < -0.4 is 9.47 Å². The van der Waals surface area contributed by atoms with Crippen molar-refractivity contribution < 1.29 is 32.5 Å². The number of aromatic nitrogens is 1. The molecule has 1 aromatic heterocycles. The Morgan fingerprint density at radius 3 is 2.41 bits per heavy atom. The maximum atomic E-state index is 13.0. The van der Waals surface area contributed by atoms with Crippen molar-refractivity contribution in [3.05, 3.63) is 53.1 Å². The summed E-state index contributed by atoms with van der Waals surface area (Å²) in [5, 5.41) is 21.1. The van der Waals surface area contributed by atoms with Crippen molar-refractivity contribution in [2.24, 2.45) is 0 Å². The van der Waals surface area contributed by atoms with Crippen LogP contribution in [-0.2, 0) is 0 Å². The minimum absolute atomic E-state index is 0.0520. The van der Waals surface area contributed by atoms with Crippen LogP contribution in [0.3, 0.4) is 0 Å². The molecule has 2 aromatic rings. The molecule has 0 spiro atoms. The van der Waals surface area contributed by atoms with Gasteiger partial charge in [0.15, 0.2) is 5.75 Å². The molecule has 0 amide bonds. The minimum Gasteiger partial charge on any atom is -0.618 e. The van der Waals surface area contributed by atoms with E-state index in [4.69, 9.17) is 9.84 Å². The Balaban J connectivity index is 2.56. The van der Waals surface area contributed by atoms with Crippen LogP contribution >= 0.6 is 0 Å². The average molecular weight is 313 g/mol. The molecule has 0 aliphatic rings. The van der Waals surface area contributed by atoms with Gasteiger partial charge in [0.1, 0.15) is 12.4 Å². The number of alkyl halides is 2. The molecule has 0 radical (unpaired) electrons. The number of hydrogen-bond donors (Lipinski definition) is 1. The van der Waals surface area contributed by atoms with E-state index in [1.54, 1.807) is 0 Å². The van der Waals surface area contributed by atoms with Crippen molar-refractivity contribution >= 4 is 5.97 Å². The van der Waals surface area contributed by atoms with Crippen LogP contribution in [0, 0.1) is 11.0 Å². The maximum Gasteiger partial charge on any atom is 0.402 e. The zero-order valence-corrected chi connectivity index (χ0v) is 11.0. The second-order valence-corrected chi connectivity index (χ2v) is 4.24. The summed E-state index contributed by atoms with van der Waals surface area (Å²) in [7, 11) is 0. The molecule has 0 saturated heterocycles. The van der Waals surface area contributed by atoms with Crippen LogP contribution in [-0.4, -0.2) is 24.1 Å². The van der Waals surface area contributed by atoms with Gasteiger partial charge in [0.2, 0.25) is 0 Å². The quantitative estimate of drug-likeness (QED) is 0.680. The molecule has 0 aliphatic heterocycles. The fraction of sp³-hybridized carbons (Fsp3) is 0.143. The first-order valence-electron chi connectivity index (χ1n) is 6.07. The van der Waals surface area contributed by atoms with Crippen molar-refractivity contribution in [1.29, 1.82) is 0 Å². The molecule has 1 aromatic carbocycles. The number of carboxylic acid groups (broad SMARTS) is 1. The van der Waals surface area contributed by atoms with E-state index in [1.807, 2.05) is 0 Å². The molecule has 22 heavy (non-hydrogen) atoms. The molecule has 0 saturated carbocycles. The summed E-state index contributed by atoms with van der Waals surface area (Å²) in [5.41, 5.74) is -0.743.